The minimum Gasteiger partial charge on any atom is -0.464 e. The normalized spacial score (nSPS) is 10.3. The number of hydrogen-bond acceptors (Lipinski definition) is 7. The van der Waals surface area contributed by atoms with E-state index in [1.807, 2.05) is 0 Å². The molecule has 1 amide bonds. The Bertz CT molecular complexity index is 805. The molecule has 0 atom stereocenters. The van der Waals surface area contributed by atoms with Crippen molar-refractivity contribution >= 4 is 50.9 Å². The molecule has 2 aromatic heterocycles. The van der Waals surface area contributed by atoms with Crippen LogP contribution >= 0.6 is 27.5 Å². The van der Waals surface area contributed by atoms with Crippen molar-refractivity contribution in [1.29, 1.82) is 0 Å². The van der Waals surface area contributed by atoms with Gasteiger partial charge in [-0.1, -0.05) is 16.8 Å². The zero-order chi connectivity index (χ0) is 17.1. The maximum Gasteiger partial charge on any atom is 0.358 e. The molecule has 0 aromatic carbocycles. The fraction of sp³-hybridized carbons (Fsp3) is 0.154. The lowest BCUT2D eigenvalue weighted by Crippen LogP contribution is -2.15. The predicted octanol–water partition coefficient (Wildman–Crippen LogP) is 2.46. The van der Waals surface area contributed by atoms with Gasteiger partial charge in [-0.2, -0.15) is 0 Å². The summed E-state index contributed by atoms with van der Waals surface area (Å²) in [6.45, 7) is 1.26. The lowest BCUT2D eigenvalue weighted by atomic mass is 10.1. The number of ketones is 1. The minimum absolute atomic E-state index is 0.0606. The van der Waals surface area contributed by atoms with Gasteiger partial charge in [0.1, 0.15) is 12.0 Å². The molecule has 120 valence electrons. The van der Waals surface area contributed by atoms with E-state index in [2.05, 4.69) is 40.6 Å². The highest BCUT2D eigenvalue weighted by Gasteiger charge is 2.24. The molecule has 8 nitrogen and oxygen atoms in total. The molecule has 0 fully saturated rings. The fourth-order valence-electron chi connectivity index (χ4n) is 1.67. The van der Waals surface area contributed by atoms with Crippen LogP contribution in [-0.4, -0.2) is 34.9 Å². The summed E-state index contributed by atoms with van der Waals surface area (Å²) in [5, 5.41) is 5.83. The zero-order valence-corrected chi connectivity index (χ0v) is 14.2. The molecule has 0 aliphatic rings. The van der Waals surface area contributed by atoms with Crippen molar-refractivity contribution in [1.82, 2.24) is 10.1 Å². The first kappa shape index (κ1) is 17.1. The molecule has 0 spiro atoms. The van der Waals surface area contributed by atoms with E-state index in [0.717, 1.165) is 13.4 Å². The van der Waals surface area contributed by atoms with Gasteiger partial charge >= 0.3 is 5.97 Å². The number of carbonyl (C=O) groups excluding carboxylic acids is 3. The van der Waals surface area contributed by atoms with E-state index >= 15 is 0 Å². The number of amides is 1. The number of rotatable bonds is 4. The first-order valence-electron chi connectivity index (χ1n) is 6.06. The highest BCUT2D eigenvalue weighted by molar-refractivity contribution is 9.10. The molecule has 2 rings (SSSR count). The molecule has 0 radical (unpaired) electrons. The Labute approximate surface area is 143 Å². The van der Waals surface area contributed by atoms with E-state index in [1.165, 1.54) is 13.0 Å². The van der Waals surface area contributed by atoms with Gasteiger partial charge in [-0.3, -0.25) is 9.59 Å². The fourth-order valence-corrected chi connectivity index (χ4v) is 2.24. The summed E-state index contributed by atoms with van der Waals surface area (Å²) in [6.07, 6.45) is 1.12. The van der Waals surface area contributed by atoms with Gasteiger partial charge in [0.15, 0.2) is 10.3 Å². The summed E-state index contributed by atoms with van der Waals surface area (Å²) < 4.78 is 9.43. The van der Waals surface area contributed by atoms with Gasteiger partial charge in [0, 0.05) is 6.92 Å². The van der Waals surface area contributed by atoms with Crippen LogP contribution in [0, 0.1) is 0 Å². The first-order valence-corrected chi connectivity index (χ1v) is 7.23. The largest absolute Gasteiger partial charge is 0.464 e. The topological polar surface area (TPSA) is 111 Å². The van der Waals surface area contributed by atoms with Crippen molar-refractivity contribution in [3.05, 3.63) is 38.9 Å². The Morgan fingerprint density at radius 1 is 1.39 bits per heavy atom. The molecule has 10 heteroatoms. The molecular formula is C13H9BrClN3O5. The number of carbonyl (C=O) groups is 3. The van der Waals surface area contributed by atoms with Crippen molar-refractivity contribution in [2.75, 3.05) is 12.4 Å². The number of ether oxygens (including phenoxy) is 1. The second kappa shape index (κ2) is 6.88. The van der Waals surface area contributed by atoms with Crippen molar-refractivity contribution in [3.8, 4) is 0 Å². The Balaban J connectivity index is 2.59. The summed E-state index contributed by atoms with van der Waals surface area (Å²) in [4.78, 5) is 39.4. The van der Waals surface area contributed by atoms with Crippen molar-refractivity contribution in [3.63, 3.8) is 0 Å². The SMILES string of the molecule is COC(=O)c1nc(C(=O)c2conc2Br)cc(NC(C)=O)c1Cl. The summed E-state index contributed by atoms with van der Waals surface area (Å²) in [7, 11) is 1.14. The molecule has 1 N–H and O–H groups in total. The maximum absolute atomic E-state index is 12.4. The molecule has 0 aliphatic carbocycles. The lowest BCUT2D eigenvalue weighted by Gasteiger charge is -2.10. The van der Waals surface area contributed by atoms with Crippen LogP contribution in [0.5, 0.6) is 0 Å². The van der Waals surface area contributed by atoms with Gasteiger partial charge in [0.05, 0.1) is 23.4 Å². The number of methoxy groups -OCH3 is 1. The van der Waals surface area contributed by atoms with Crippen LogP contribution in [0.25, 0.3) is 0 Å². The Morgan fingerprint density at radius 2 is 2.09 bits per heavy atom. The molecule has 0 unspecified atom stereocenters. The van der Waals surface area contributed by atoms with Crippen molar-refractivity contribution in [2.24, 2.45) is 0 Å². The quantitative estimate of drug-likeness (QED) is 0.617. The average Bonchev–Trinajstić information content (AvgIpc) is 2.93. The summed E-state index contributed by atoms with van der Waals surface area (Å²) in [5.74, 6) is -1.86. The van der Waals surface area contributed by atoms with Crippen LogP contribution in [0.15, 0.2) is 21.5 Å². The Kier molecular flexibility index (Phi) is 5.12. The molecule has 0 aliphatic heterocycles. The van der Waals surface area contributed by atoms with Gasteiger partial charge in [-0.25, -0.2) is 9.78 Å². The minimum atomic E-state index is -0.847. The number of pyridine rings is 1. The number of anilines is 1. The van der Waals surface area contributed by atoms with Crippen LogP contribution in [0.2, 0.25) is 5.02 Å². The molecule has 2 heterocycles. The molecule has 23 heavy (non-hydrogen) atoms. The Morgan fingerprint density at radius 3 is 2.61 bits per heavy atom. The van der Waals surface area contributed by atoms with E-state index in [1.54, 1.807) is 0 Å². The number of halogens is 2. The lowest BCUT2D eigenvalue weighted by molar-refractivity contribution is -0.114. The van der Waals surface area contributed by atoms with E-state index in [9.17, 15) is 14.4 Å². The third-order valence-corrected chi connectivity index (χ3v) is 3.60. The average molecular weight is 403 g/mol. The Hall–Kier alpha value is -2.26. The zero-order valence-electron chi connectivity index (χ0n) is 11.8. The first-order chi connectivity index (χ1) is 10.8. The van der Waals surface area contributed by atoms with Gasteiger partial charge < -0.3 is 14.6 Å². The third-order valence-electron chi connectivity index (χ3n) is 2.65. The molecule has 0 bridgehead atoms. The summed E-state index contributed by atoms with van der Waals surface area (Å²) in [5.41, 5.74) is -0.270. The molecule has 0 saturated carbocycles. The number of nitrogens with zero attached hydrogens (tertiary/aromatic N) is 2. The maximum atomic E-state index is 12.4. The third kappa shape index (κ3) is 3.57. The van der Waals surface area contributed by atoms with Crippen LogP contribution in [0.4, 0.5) is 5.69 Å². The van der Waals surface area contributed by atoms with Gasteiger partial charge in [-0.05, 0) is 22.0 Å². The summed E-state index contributed by atoms with van der Waals surface area (Å²) in [6, 6.07) is 1.25. The monoisotopic (exact) mass is 401 g/mol. The van der Waals surface area contributed by atoms with E-state index in [-0.39, 0.29) is 32.3 Å². The number of hydrogen-bond donors (Lipinski definition) is 1. The number of aromatic nitrogens is 2. The van der Waals surface area contributed by atoms with Crippen LogP contribution < -0.4 is 5.32 Å². The number of nitrogens with one attached hydrogen (secondary N) is 1. The molecule has 0 saturated heterocycles. The van der Waals surface area contributed by atoms with Crippen molar-refractivity contribution in [2.45, 2.75) is 6.92 Å². The highest BCUT2D eigenvalue weighted by atomic mass is 79.9. The van der Waals surface area contributed by atoms with E-state index in [4.69, 9.17) is 11.6 Å². The molecule has 2 aromatic rings. The van der Waals surface area contributed by atoms with Crippen LogP contribution in [0.1, 0.15) is 33.5 Å². The predicted molar refractivity (Wildman–Crippen MR) is 82.5 cm³/mol. The van der Waals surface area contributed by atoms with Gasteiger partial charge in [-0.15, -0.1) is 0 Å². The second-order valence-corrected chi connectivity index (χ2v) is 5.37. The highest BCUT2D eigenvalue weighted by Crippen LogP contribution is 2.28. The van der Waals surface area contributed by atoms with Crippen molar-refractivity contribution < 1.29 is 23.6 Å². The number of esters is 1. The summed E-state index contributed by atoms with van der Waals surface area (Å²) >= 11 is 9.09. The van der Waals surface area contributed by atoms with Gasteiger partial charge in [0.25, 0.3) is 0 Å². The second-order valence-electron chi connectivity index (χ2n) is 4.24. The standard InChI is InChI=1S/C13H9BrClN3O5/c1-5(19)16-7-3-8(11(20)6-4-23-18-12(6)14)17-10(9(7)15)13(21)22-2/h3-4H,1-2H3,(H,16,17,19). The smallest absolute Gasteiger partial charge is 0.358 e. The van der Waals surface area contributed by atoms with E-state index in [0.29, 0.717) is 0 Å². The van der Waals surface area contributed by atoms with Crippen LogP contribution in [0.3, 0.4) is 0 Å². The van der Waals surface area contributed by atoms with Gasteiger partial charge in [0.2, 0.25) is 11.7 Å². The van der Waals surface area contributed by atoms with E-state index < -0.39 is 17.7 Å². The molecular weight excluding hydrogens is 394 g/mol. The van der Waals surface area contributed by atoms with Crippen LogP contribution in [-0.2, 0) is 9.53 Å².